The molecule has 1 unspecified atom stereocenters. The number of carbonyl (C=O) groups is 1. The highest BCUT2D eigenvalue weighted by molar-refractivity contribution is 5.83. The van der Waals surface area contributed by atoms with Crippen molar-refractivity contribution in [3.63, 3.8) is 0 Å². The van der Waals surface area contributed by atoms with E-state index in [2.05, 4.69) is 15.7 Å². The second-order valence-corrected chi connectivity index (χ2v) is 5.06. The van der Waals surface area contributed by atoms with Gasteiger partial charge < -0.3 is 20.1 Å². The number of hydrogen-bond acceptors (Lipinski definition) is 5. The van der Waals surface area contributed by atoms with Crippen LogP contribution in [0.1, 0.15) is 17.2 Å². The van der Waals surface area contributed by atoms with Crippen LogP contribution in [0.25, 0.3) is 0 Å². The summed E-state index contributed by atoms with van der Waals surface area (Å²) >= 11 is 0. The summed E-state index contributed by atoms with van der Waals surface area (Å²) in [4.78, 5) is 12.4. The summed E-state index contributed by atoms with van der Waals surface area (Å²) in [6.07, 6.45) is 3.49. The van der Waals surface area contributed by atoms with Crippen molar-refractivity contribution < 1.29 is 14.3 Å². The number of aryl methyl sites for hydroxylation is 1. The predicted octanol–water partition coefficient (Wildman–Crippen LogP) is 1.01. The molecule has 0 spiro atoms. The van der Waals surface area contributed by atoms with E-state index in [0.29, 0.717) is 18.0 Å². The van der Waals surface area contributed by atoms with Crippen molar-refractivity contribution in [2.45, 2.75) is 12.6 Å². The van der Waals surface area contributed by atoms with Crippen LogP contribution in [0.15, 0.2) is 30.6 Å². The highest BCUT2D eigenvalue weighted by Gasteiger charge is 2.20. The van der Waals surface area contributed by atoms with Gasteiger partial charge >= 0.3 is 0 Å². The summed E-state index contributed by atoms with van der Waals surface area (Å²) in [5, 5.41) is 10.0. The van der Waals surface area contributed by atoms with Gasteiger partial charge in [0.25, 0.3) is 0 Å². The van der Waals surface area contributed by atoms with Crippen LogP contribution in [0.5, 0.6) is 11.5 Å². The third kappa shape index (κ3) is 4.01. The third-order valence-corrected chi connectivity index (χ3v) is 3.56. The molecule has 7 heteroatoms. The van der Waals surface area contributed by atoms with Crippen molar-refractivity contribution in [2.75, 3.05) is 21.3 Å². The minimum atomic E-state index is -0.451. The molecule has 1 amide bonds. The first-order chi connectivity index (χ1) is 11.1. The number of aromatic nitrogens is 2. The molecule has 1 aromatic carbocycles. The molecule has 7 nitrogen and oxygen atoms in total. The summed E-state index contributed by atoms with van der Waals surface area (Å²) in [5.74, 6) is 1.26. The van der Waals surface area contributed by atoms with Gasteiger partial charge in [-0.15, -0.1) is 0 Å². The quantitative estimate of drug-likeness (QED) is 0.797. The largest absolute Gasteiger partial charge is 0.497 e. The van der Waals surface area contributed by atoms with Crippen LogP contribution in [-0.2, 0) is 18.4 Å². The number of rotatable bonds is 7. The average Bonchev–Trinajstić information content (AvgIpc) is 2.99. The Kier molecular flexibility index (Phi) is 5.59. The molecule has 1 heterocycles. The van der Waals surface area contributed by atoms with Gasteiger partial charge in [-0.05, 0) is 19.2 Å². The zero-order valence-corrected chi connectivity index (χ0v) is 13.8. The molecule has 2 aromatic rings. The van der Waals surface area contributed by atoms with Crippen molar-refractivity contribution in [1.82, 2.24) is 20.4 Å². The lowest BCUT2D eigenvalue weighted by Crippen LogP contribution is -2.35. The first kappa shape index (κ1) is 16.8. The SMILES string of the molecule is CNC(C(=O)NCc1ccc(OC)cc1OC)c1cnn(C)c1. The number of methoxy groups -OCH3 is 2. The highest BCUT2D eigenvalue weighted by Crippen LogP contribution is 2.24. The van der Waals surface area contributed by atoms with Crippen molar-refractivity contribution in [1.29, 1.82) is 0 Å². The van der Waals surface area contributed by atoms with Crippen LogP contribution in [0.4, 0.5) is 0 Å². The van der Waals surface area contributed by atoms with Crippen molar-refractivity contribution in [2.24, 2.45) is 7.05 Å². The van der Waals surface area contributed by atoms with Gasteiger partial charge in [0.15, 0.2) is 0 Å². The predicted molar refractivity (Wildman–Crippen MR) is 86.4 cm³/mol. The number of ether oxygens (including phenoxy) is 2. The molecule has 0 aliphatic rings. The fourth-order valence-electron chi connectivity index (χ4n) is 2.32. The molecule has 0 radical (unpaired) electrons. The van der Waals surface area contributed by atoms with Crippen LogP contribution < -0.4 is 20.1 Å². The Morgan fingerprint density at radius 2 is 2.13 bits per heavy atom. The van der Waals surface area contributed by atoms with E-state index in [1.165, 1.54) is 0 Å². The second-order valence-electron chi connectivity index (χ2n) is 5.06. The highest BCUT2D eigenvalue weighted by atomic mass is 16.5. The molecular formula is C16H22N4O3. The molecule has 124 valence electrons. The maximum Gasteiger partial charge on any atom is 0.242 e. The number of nitrogens with one attached hydrogen (secondary N) is 2. The lowest BCUT2D eigenvalue weighted by molar-refractivity contribution is -0.123. The van der Waals surface area contributed by atoms with Gasteiger partial charge in [-0.1, -0.05) is 0 Å². The zero-order chi connectivity index (χ0) is 16.8. The Labute approximate surface area is 135 Å². The Balaban J connectivity index is 2.06. The fraction of sp³-hybridized carbons (Fsp3) is 0.375. The maximum absolute atomic E-state index is 12.4. The summed E-state index contributed by atoms with van der Waals surface area (Å²) in [7, 11) is 6.75. The lowest BCUT2D eigenvalue weighted by Gasteiger charge is -2.16. The van der Waals surface area contributed by atoms with E-state index in [1.54, 1.807) is 38.2 Å². The van der Waals surface area contributed by atoms with Gasteiger partial charge in [0, 0.05) is 37.0 Å². The normalized spacial score (nSPS) is 11.8. The maximum atomic E-state index is 12.4. The number of hydrogen-bond donors (Lipinski definition) is 2. The van der Waals surface area contributed by atoms with Crippen molar-refractivity contribution in [3.8, 4) is 11.5 Å². The van der Waals surface area contributed by atoms with Crippen molar-refractivity contribution >= 4 is 5.91 Å². The van der Waals surface area contributed by atoms with Gasteiger partial charge in [-0.2, -0.15) is 5.10 Å². The van der Waals surface area contributed by atoms with E-state index in [9.17, 15) is 4.79 Å². The smallest absolute Gasteiger partial charge is 0.242 e. The van der Waals surface area contributed by atoms with Crippen LogP contribution in [0, 0.1) is 0 Å². The average molecular weight is 318 g/mol. The van der Waals surface area contributed by atoms with E-state index in [-0.39, 0.29) is 5.91 Å². The van der Waals surface area contributed by atoms with Crippen LogP contribution in [0.3, 0.4) is 0 Å². The number of carbonyl (C=O) groups excluding carboxylic acids is 1. The number of nitrogens with zero attached hydrogens (tertiary/aromatic N) is 2. The molecule has 1 atom stereocenters. The molecule has 2 N–H and O–H groups in total. The van der Waals surface area contributed by atoms with Crippen LogP contribution >= 0.6 is 0 Å². The molecule has 0 fully saturated rings. The van der Waals surface area contributed by atoms with E-state index in [0.717, 1.165) is 11.1 Å². The van der Waals surface area contributed by atoms with E-state index in [4.69, 9.17) is 9.47 Å². The number of benzene rings is 1. The van der Waals surface area contributed by atoms with E-state index >= 15 is 0 Å². The fourth-order valence-corrected chi connectivity index (χ4v) is 2.32. The summed E-state index contributed by atoms with van der Waals surface area (Å²) in [6.45, 7) is 0.366. The molecular weight excluding hydrogens is 296 g/mol. The van der Waals surface area contributed by atoms with Gasteiger partial charge in [-0.25, -0.2) is 0 Å². The van der Waals surface area contributed by atoms with Crippen molar-refractivity contribution in [3.05, 3.63) is 41.7 Å². The number of likely N-dealkylation sites (N-methyl/N-ethyl adjacent to an activating group) is 1. The second kappa shape index (κ2) is 7.64. The minimum Gasteiger partial charge on any atom is -0.497 e. The Morgan fingerprint density at radius 1 is 1.35 bits per heavy atom. The monoisotopic (exact) mass is 318 g/mol. The summed E-state index contributed by atoms with van der Waals surface area (Å²) < 4.78 is 12.2. The van der Waals surface area contributed by atoms with Gasteiger partial charge in [0.05, 0.1) is 20.4 Å². The van der Waals surface area contributed by atoms with Crippen LogP contribution in [-0.4, -0.2) is 37.0 Å². The van der Waals surface area contributed by atoms with Crippen LogP contribution in [0.2, 0.25) is 0 Å². The minimum absolute atomic E-state index is 0.127. The first-order valence-electron chi connectivity index (χ1n) is 7.23. The first-order valence-corrected chi connectivity index (χ1v) is 7.23. The molecule has 0 aliphatic heterocycles. The number of amides is 1. The Hall–Kier alpha value is -2.54. The third-order valence-electron chi connectivity index (χ3n) is 3.56. The van der Waals surface area contributed by atoms with Gasteiger partial charge in [0.2, 0.25) is 5.91 Å². The topological polar surface area (TPSA) is 77.4 Å². The van der Waals surface area contributed by atoms with Gasteiger partial charge in [-0.3, -0.25) is 9.48 Å². The Bertz CT molecular complexity index is 669. The summed E-state index contributed by atoms with van der Waals surface area (Å²) in [5.41, 5.74) is 1.69. The molecule has 0 saturated heterocycles. The zero-order valence-electron chi connectivity index (χ0n) is 13.8. The summed E-state index contributed by atoms with van der Waals surface area (Å²) in [6, 6.07) is 5.04. The molecule has 0 saturated carbocycles. The standard InChI is InChI=1S/C16H22N4O3/c1-17-15(12-9-19-20(2)10-12)16(21)18-8-11-5-6-13(22-3)7-14(11)23-4/h5-7,9-10,15,17H,8H2,1-4H3,(H,18,21). The van der Waals surface area contributed by atoms with Gasteiger partial charge in [0.1, 0.15) is 17.5 Å². The molecule has 0 aliphatic carbocycles. The van der Waals surface area contributed by atoms with E-state index < -0.39 is 6.04 Å². The molecule has 2 rings (SSSR count). The Morgan fingerprint density at radius 3 is 2.70 bits per heavy atom. The molecule has 0 bridgehead atoms. The molecule has 1 aromatic heterocycles. The van der Waals surface area contributed by atoms with E-state index in [1.807, 2.05) is 25.4 Å². The lowest BCUT2D eigenvalue weighted by atomic mass is 10.1. The molecule has 23 heavy (non-hydrogen) atoms.